The molecule has 0 saturated carbocycles. The molecule has 0 bridgehead atoms. The Morgan fingerprint density at radius 3 is 2.91 bits per heavy atom. The van der Waals surface area contributed by atoms with Crippen LogP contribution in [0.25, 0.3) is 0 Å². The fraction of sp³-hybridized carbons (Fsp3) is 0.611. The topological polar surface area (TPSA) is 44.9 Å². The fourth-order valence-electron chi connectivity index (χ4n) is 3.61. The lowest BCUT2D eigenvalue weighted by atomic mass is 9.99. The summed E-state index contributed by atoms with van der Waals surface area (Å²) in [6.45, 7) is 6.23. The summed E-state index contributed by atoms with van der Waals surface area (Å²) in [5, 5.41) is 0. The molecule has 0 radical (unpaired) electrons. The van der Waals surface area contributed by atoms with Crippen molar-refractivity contribution in [1.29, 1.82) is 0 Å². The zero-order valence-electron chi connectivity index (χ0n) is 14.3. The van der Waals surface area contributed by atoms with E-state index >= 15 is 0 Å². The zero-order chi connectivity index (χ0) is 15.5. The minimum atomic E-state index is 0. The monoisotopic (exact) mass is 428 g/mol. The first-order valence-electron chi connectivity index (χ1n) is 8.51. The highest BCUT2D eigenvalue weighted by Gasteiger charge is 2.18. The van der Waals surface area contributed by atoms with Gasteiger partial charge in [0.15, 0.2) is 5.96 Å². The van der Waals surface area contributed by atoms with E-state index in [9.17, 15) is 0 Å². The largest absolute Gasteiger partial charge is 0.374 e. The molecule has 4 nitrogen and oxygen atoms in total. The van der Waals surface area contributed by atoms with Gasteiger partial charge in [-0.1, -0.05) is 19.1 Å². The van der Waals surface area contributed by atoms with Crippen LogP contribution in [-0.4, -0.2) is 37.5 Å². The molecule has 2 aliphatic rings. The third-order valence-electron chi connectivity index (χ3n) is 4.90. The first-order valence-corrected chi connectivity index (χ1v) is 8.51. The minimum Gasteiger partial charge on any atom is -0.374 e. The summed E-state index contributed by atoms with van der Waals surface area (Å²) in [6.07, 6.45) is 4.95. The molecule has 1 aromatic rings. The number of guanidine groups is 1. The van der Waals surface area contributed by atoms with Crippen LogP contribution in [0.4, 0.5) is 5.69 Å². The number of aryl methyl sites for hydroxylation is 1. The number of hydrogen-bond acceptors (Lipinski definition) is 2. The molecule has 2 N–H and O–H groups in total. The van der Waals surface area contributed by atoms with Gasteiger partial charge in [-0.25, -0.2) is 4.99 Å². The maximum atomic E-state index is 6.19. The van der Waals surface area contributed by atoms with E-state index in [0.29, 0.717) is 12.5 Å². The van der Waals surface area contributed by atoms with Crippen molar-refractivity contribution in [3.8, 4) is 0 Å². The second kappa shape index (κ2) is 8.22. The standard InChI is InChI=1S/C18H28N4.HI/c1-14-5-3-10-22(13-14)18(19)20-12-15-7-8-17-16(11-15)6-4-9-21(17)2;/h7-8,11,14H,3-6,9-10,12-13H2,1-2H3,(H2,19,20);1H. The Balaban J connectivity index is 0.00000192. The predicted molar refractivity (Wildman–Crippen MR) is 109 cm³/mol. The van der Waals surface area contributed by atoms with Crippen molar-refractivity contribution in [2.24, 2.45) is 16.6 Å². The van der Waals surface area contributed by atoms with Crippen LogP contribution in [0, 0.1) is 5.92 Å². The Morgan fingerprint density at radius 2 is 2.13 bits per heavy atom. The molecular weight excluding hydrogens is 399 g/mol. The van der Waals surface area contributed by atoms with Crippen LogP contribution in [-0.2, 0) is 13.0 Å². The van der Waals surface area contributed by atoms with Gasteiger partial charge in [-0.05, 0) is 48.8 Å². The molecule has 1 atom stereocenters. The molecule has 0 spiro atoms. The van der Waals surface area contributed by atoms with Crippen molar-refractivity contribution in [1.82, 2.24) is 4.90 Å². The van der Waals surface area contributed by atoms with Crippen LogP contribution >= 0.6 is 24.0 Å². The van der Waals surface area contributed by atoms with Crippen molar-refractivity contribution in [2.75, 3.05) is 31.6 Å². The van der Waals surface area contributed by atoms with Crippen molar-refractivity contribution >= 4 is 35.6 Å². The number of hydrogen-bond donors (Lipinski definition) is 1. The molecule has 128 valence electrons. The number of rotatable bonds is 2. The van der Waals surface area contributed by atoms with Crippen LogP contribution in [0.2, 0.25) is 0 Å². The number of fused-ring (bicyclic) bond motifs is 1. The van der Waals surface area contributed by atoms with Gasteiger partial charge in [-0.2, -0.15) is 0 Å². The molecule has 2 heterocycles. The first kappa shape index (κ1) is 18.4. The Hall–Kier alpha value is -0.980. The normalized spacial score (nSPS) is 21.7. The van der Waals surface area contributed by atoms with Gasteiger partial charge in [-0.3, -0.25) is 0 Å². The third-order valence-corrected chi connectivity index (χ3v) is 4.90. The second-order valence-corrected chi connectivity index (χ2v) is 6.86. The van der Waals surface area contributed by atoms with Gasteiger partial charge in [-0.15, -0.1) is 24.0 Å². The van der Waals surface area contributed by atoms with E-state index in [1.807, 2.05) is 0 Å². The van der Waals surface area contributed by atoms with E-state index < -0.39 is 0 Å². The molecule has 0 aliphatic carbocycles. The van der Waals surface area contributed by atoms with Gasteiger partial charge >= 0.3 is 0 Å². The van der Waals surface area contributed by atoms with E-state index in [0.717, 1.165) is 25.6 Å². The number of nitrogens with two attached hydrogens (primary N) is 1. The molecule has 23 heavy (non-hydrogen) atoms. The summed E-state index contributed by atoms with van der Waals surface area (Å²) in [5.41, 5.74) is 10.3. The smallest absolute Gasteiger partial charge is 0.191 e. The Bertz CT molecular complexity index is 558. The predicted octanol–water partition coefficient (Wildman–Crippen LogP) is 3.23. The highest BCUT2D eigenvalue weighted by molar-refractivity contribution is 14.0. The summed E-state index contributed by atoms with van der Waals surface area (Å²) in [5.74, 6) is 1.43. The third kappa shape index (κ3) is 4.52. The maximum Gasteiger partial charge on any atom is 0.191 e. The van der Waals surface area contributed by atoms with E-state index in [1.165, 1.54) is 42.5 Å². The fourth-order valence-corrected chi connectivity index (χ4v) is 3.61. The van der Waals surface area contributed by atoms with Gasteiger partial charge in [0.2, 0.25) is 0 Å². The van der Waals surface area contributed by atoms with Gasteiger partial charge in [0.05, 0.1) is 6.54 Å². The molecular formula is C18H29IN4. The molecule has 2 aliphatic heterocycles. The highest BCUT2D eigenvalue weighted by Crippen LogP contribution is 2.27. The quantitative estimate of drug-likeness (QED) is 0.447. The van der Waals surface area contributed by atoms with Crippen LogP contribution in [0.5, 0.6) is 0 Å². The second-order valence-electron chi connectivity index (χ2n) is 6.86. The number of halogens is 1. The Labute approximate surface area is 157 Å². The van der Waals surface area contributed by atoms with Crippen LogP contribution in [0.1, 0.15) is 37.3 Å². The van der Waals surface area contributed by atoms with Crippen molar-refractivity contribution < 1.29 is 0 Å². The van der Waals surface area contributed by atoms with Crippen molar-refractivity contribution in [2.45, 2.75) is 39.2 Å². The van der Waals surface area contributed by atoms with Crippen molar-refractivity contribution in [3.05, 3.63) is 29.3 Å². The average molecular weight is 428 g/mol. The lowest BCUT2D eigenvalue weighted by molar-refractivity contribution is 0.270. The van der Waals surface area contributed by atoms with Gasteiger partial charge < -0.3 is 15.5 Å². The maximum absolute atomic E-state index is 6.19. The number of nitrogens with zero attached hydrogens (tertiary/aromatic N) is 3. The molecule has 0 aromatic heterocycles. The summed E-state index contributed by atoms with van der Waals surface area (Å²) in [7, 11) is 2.17. The molecule has 5 heteroatoms. The number of piperidine rings is 1. The Kier molecular flexibility index (Phi) is 6.56. The van der Waals surface area contributed by atoms with Crippen LogP contribution < -0.4 is 10.6 Å². The van der Waals surface area contributed by atoms with Gasteiger partial charge in [0.25, 0.3) is 0 Å². The van der Waals surface area contributed by atoms with Crippen LogP contribution in [0.3, 0.4) is 0 Å². The Morgan fingerprint density at radius 1 is 1.30 bits per heavy atom. The SMILES string of the molecule is CC1CCCN(C(N)=NCc2ccc3c(c2)CCCN3C)C1.I. The van der Waals surface area contributed by atoms with Crippen molar-refractivity contribution in [3.63, 3.8) is 0 Å². The molecule has 3 rings (SSSR count). The molecule has 1 fully saturated rings. The first-order chi connectivity index (χ1) is 10.6. The summed E-state index contributed by atoms with van der Waals surface area (Å²) < 4.78 is 0. The number of anilines is 1. The molecule has 1 unspecified atom stereocenters. The molecule has 1 saturated heterocycles. The van der Waals surface area contributed by atoms with Crippen LogP contribution in [0.15, 0.2) is 23.2 Å². The minimum absolute atomic E-state index is 0. The van der Waals surface area contributed by atoms with E-state index in [4.69, 9.17) is 5.73 Å². The average Bonchev–Trinajstić information content (AvgIpc) is 2.53. The number of likely N-dealkylation sites (tertiary alicyclic amines) is 1. The van der Waals surface area contributed by atoms with E-state index in [-0.39, 0.29) is 24.0 Å². The zero-order valence-corrected chi connectivity index (χ0v) is 16.6. The number of aliphatic imine (C=N–C) groups is 1. The molecule has 1 aromatic carbocycles. The van der Waals surface area contributed by atoms with Gasteiger partial charge in [0.1, 0.15) is 0 Å². The summed E-state index contributed by atoms with van der Waals surface area (Å²) >= 11 is 0. The summed E-state index contributed by atoms with van der Waals surface area (Å²) in [4.78, 5) is 9.21. The summed E-state index contributed by atoms with van der Waals surface area (Å²) in [6, 6.07) is 6.73. The number of benzene rings is 1. The van der Waals surface area contributed by atoms with E-state index in [1.54, 1.807) is 0 Å². The van der Waals surface area contributed by atoms with E-state index in [2.05, 4.69) is 47.0 Å². The lowest BCUT2D eigenvalue weighted by Crippen LogP contribution is -2.43. The van der Waals surface area contributed by atoms with Gasteiger partial charge in [0, 0.05) is 32.4 Å². The highest BCUT2D eigenvalue weighted by atomic mass is 127. The lowest BCUT2D eigenvalue weighted by Gasteiger charge is -2.31. The molecule has 0 amide bonds.